The second kappa shape index (κ2) is 5.70. The molecule has 8 heteroatoms. The molecule has 4 rings (SSSR count). The summed E-state index contributed by atoms with van der Waals surface area (Å²) in [7, 11) is -2.99. The summed E-state index contributed by atoms with van der Waals surface area (Å²) in [6.07, 6.45) is 5.90. The van der Waals surface area contributed by atoms with Gasteiger partial charge in [-0.05, 0) is 37.5 Å². The van der Waals surface area contributed by atoms with Crippen LogP contribution in [0.2, 0.25) is 0 Å². The van der Waals surface area contributed by atoms with Crippen LogP contribution < -0.4 is 5.32 Å². The van der Waals surface area contributed by atoms with Gasteiger partial charge < -0.3 is 5.32 Å². The second-order valence-electron chi connectivity index (χ2n) is 6.43. The van der Waals surface area contributed by atoms with Gasteiger partial charge in [-0.25, -0.2) is 8.42 Å². The molecule has 0 aromatic carbocycles. The lowest BCUT2D eigenvalue weighted by Gasteiger charge is -2.12. The normalized spacial score (nSPS) is 22.4. The van der Waals surface area contributed by atoms with Gasteiger partial charge >= 0.3 is 0 Å². The molecule has 2 fully saturated rings. The van der Waals surface area contributed by atoms with Crippen LogP contribution in [0.15, 0.2) is 30.6 Å². The number of carbonyl (C=O) groups is 1. The van der Waals surface area contributed by atoms with Gasteiger partial charge in [-0.1, -0.05) is 0 Å². The van der Waals surface area contributed by atoms with Crippen molar-refractivity contribution in [3.8, 4) is 0 Å². The van der Waals surface area contributed by atoms with Crippen LogP contribution in [0.25, 0.3) is 0 Å². The summed E-state index contributed by atoms with van der Waals surface area (Å²) in [5.41, 5.74) is 1.91. The van der Waals surface area contributed by atoms with E-state index in [1.54, 1.807) is 35.3 Å². The van der Waals surface area contributed by atoms with Gasteiger partial charge in [-0.2, -0.15) is 5.10 Å². The number of rotatable bonds is 4. The van der Waals surface area contributed by atoms with Gasteiger partial charge in [0.05, 0.1) is 29.4 Å². The molecule has 2 aliphatic rings. The van der Waals surface area contributed by atoms with E-state index >= 15 is 0 Å². The molecular formula is C16H18N4O3S. The number of pyridine rings is 1. The SMILES string of the molecule is O=C(Nc1cccnc1)c1cc(C2CC2)n(C2CCS(=O)(=O)C2)n1. The Morgan fingerprint density at radius 2 is 2.12 bits per heavy atom. The van der Waals surface area contributed by atoms with Crippen LogP contribution >= 0.6 is 0 Å². The zero-order chi connectivity index (χ0) is 16.7. The van der Waals surface area contributed by atoms with Crippen LogP contribution in [0.1, 0.15) is 47.4 Å². The summed E-state index contributed by atoms with van der Waals surface area (Å²) in [4.78, 5) is 16.4. The van der Waals surface area contributed by atoms with Gasteiger partial charge in [-0.15, -0.1) is 0 Å². The van der Waals surface area contributed by atoms with Crippen molar-refractivity contribution < 1.29 is 13.2 Å². The predicted octanol–water partition coefficient (Wildman–Crippen LogP) is 1.77. The first-order valence-corrected chi connectivity index (χ1v) is 9.85. The summed E-state index contributed by atoms with van der Waals surface area (Å²) in [6, 6.07) is 5.14. The zero-order valence-corrected chi connectivity index (χ0v) is 13.9. The zero-order valence-electron chi connectivity index (χ0n) is 13.1. The lowest BCUT2D eigenvalue weighted by molar-refractivity contribution is 0.102. The molecule has 24 heavy (non-hydrogen) atoms. The summed E-state index contributed by atoms with van der Waals surface area (Å²) >= 11 is 0. The first-order valence-electron chi connectivity index (χ1n) is 8.03. The number of hydrogen-bond acceptors (Lipinski definition) is 5. The van der Waals surface area contributed by atoms with Crippen molar-refractivity contribution in [2.24, 2.45) is 0 Å². The topological polar surface area (TPSA) is 94.0 Å². The second-order valence-corrected chi connectivity index (χ2v) is 8.65. The number of anilines is 1. The minimum atomic E-state index is -2.99. The van der Waals surface area contributed by atoms with Crippen LogP contribution in [0.4, 0.5) is 5.69 Å². The molecule has 1 atom stereocenters. The average Bonchev–Trinajstić information content (AvgIpc) is 3.20. The molecule has 1 aliphatic carbocycles. The Labute approximate surface area is 140 Å². The summed E-state index contributed by atoms with van der Waals surface area (Å²) in [5, 5.41) is 7.20. The van der Waals surface area contributed by atoms with Crippen molar-refractivity contribution in [2.75, 3.05) is 16.8 Å². The third-order valence-corrected chi connectivity index (χ3v) is 6.22. The molecule has 2 aromatic rings. The Balaban J connectivity index is 1.60. The quantitative estimate of drug-likeness (QED) is 0.910. The summed E-state index contributed by atoms with van der Waals surface area (Å²) in [5.74, 6) is 0.391. The molecule has 7 nitrogen and oxygen atoms in total. The maximum atomic E-state index is 12.4. The van der Waals surface area contributed by atoms with Gasteiger partial charge in [0, 0.05) is 17.8 Å². The molecule has 1 amide bonds. The van der Waals surface area contributed by atoms with E-state index in [0.717, 1.165) is 18.5 Å². The van der Waals surface area contributed by atoms with Crippen molar-refractivity contribution in [1.29, 1.82) is 0 Å². The fourth-order valence-electron chi connectivity index (χ4n) is 3.10. The Hall–Kier alpha value is -2.22. The minimum Gasteiger partial charge on any atom is -0.319 e. The van der Waals surface area contributed by atoms with Gasteiger partial charge in [0.15, 0.2) is 15.5 Å². The number of nitrogens with one attached hydrogen (secondary N) is 1. The third-order valence-electron chi connectivity index (χ3n) is 4.47. The largest absolute Gasteiger partial charge is 0.319 e. The van der Waals surface area contributed by atoms with Crippen molar-refractivity contribution in [3.05, 3.63) is 42.0 Å². The molecule has 0 spiro atoms. The van der Waals surface area contributed by atoms with Crippen LogP contribution in [-0.4, -0.2) is 40.6 Å². The first-order chi connectivity index (χ1) is 11.5. The fraction of sp³-hybridized carbons (Fsp3) is 0.438. The van der Waals surface area contributed by atoms with Crippen LogP contribution in [0.3, 0.4) is 0 Å². The highest BCUT2D eigenvalue weighted by Crippen LogP contribution is 2.42. The molecular weight excluding hydrogens is 328 g/mol. The Bertz CT molecular complexity index is 872. The smallest absolute Gasteiger partial charge is 0.276 e. The lowest BCUT2D eigenvalue weighted by atomic mass is 10.2. The van der Waals surface area contributed by atoms with Gasteiger partial charge in [0.1, 0.15) is 0 Å². The number of aromatic nitrogens is 3. The highest BCUT2D eigenvalue weighted by molar-refractivity contribution is 7.91. The van der Waals surface area contributed by atoms with E-state index in [-0.39, 0.29) is 23.5 Å². The average molecular weight is 346 g/mol. The van der Waals surface area contributed by atoms with E-state index in [1.807, 2.05) is 0 Å². The maximum absolute atomic E-state index is 12.4. The van der Waals surface area contributed by atoms with E-state index in [1.165, 1.54) is 0 Å². The number of carbonyl (C=O) groups excluding carboxylic acids is 1. The summed E-state index contributed by atoms with van der Waals surface area (Å²) < 4.78 is 25.3. The number of hydrogen-bond donors (Lipinski definition) is 1. The first kappa shape index (κ1) is 15.3. The standard InChI is InChI=1S/C16H18N4O3S/c21-16(18-12-2-1-6-17-9-12)14-8-15(11-3-4-11)20(19-14)13-5-7-24(22,23)10-13/h1-2,6,8-9,11,13H,3-5,7,10H2,(H,18,21). The number of nitrogens with zero attached hydrogens (tertiary/aromatic N) is 3. The highest BCUT2D eigenvalue weighted by atomic mass is 32.2. The van der Waals surface area contributed by atoms with Gasteiger partial charge in [-0.3, -0.25) is 14.5 Å². The van der Waals surface area contributed by atoms with E-state index < -0.39 is 9.84 Å². The molecule has 1 saturated carbocycles. The van der Waals surface area contributed by atoms with Gasteiger partial charge in [0.2, 0.25) is 0 Å². The molecule has 1 saturated heterocycles. The Morgan fingerprint density at radius 3 is 2.75 bits per heavy atom. The van der Waals surface area contributed by atoms with Crippen molar-refractivity contribution in [1.82, 2.24) is 14.8 Å². The predicted molar refractivity (Wildman–Crippen MR) is 88.7 cm³/mol. The molecule has 1 N–H and O–H groups in total. The van der Waals surface area contributed by atoms with Crippen LogP contribution in [-0.2, 0) is 9.84 Å². The van der Waals surface area contributed by atoms with E-state index in [9.17, 15) is 13.2 Å². The maximum Gasteiger partial charge on any atom is 0.276 e. The van der Waals surface area contributed by atoms with Crippen LogP contribution in [0, 0.1) is 0 Å². The fourth-order valence-corrected chi connectivity index (χ4v) is 4.79. The van der Waals surface area contributed by atoms with Gasteiger partial charge in [0.25, 0.3) is 5.91 Å². The minimum absolute atomic E-state index is 0.109. The molecule has 1 aliphatic heterocycles. The van der Waals surface area contributed by atoms with E-state index in [0.29, 0.717) is 23.7 Å². The van der Waals surface area contributed by atoms with Crippen molar-refractivity contribution >= 4 is 21.4 Å². The third kappa shape index (κ3) is 3.06. The number of sulfone groups is 1. The summed E-state index contributed by atoms with van der Waals surface area (Å²) in [6.45, 7) is 0. The molecule has 0 radical (unpaired) electrons. The molecule has 126 valence electrons. The molecule has 2 aromatic heterocycles. The van der Waals surface area contributed by atoms with Crippen LogP contribution in [0.5, 0.6) is 0 Å². The van der Waals surface area contributed by atoms with Crippen molar-refractivity contribution in [3.63, 3.8) is 0 Å². The van der Waals surface area contributed by atoms with Crippen molar-refractivity contribution in [2.45, 2.75) is 31.2 Å². The monoisotopic (exact) mass is 346 g/mol. The molecule has 3 heterocycles. The molecule has 0 bridgehead atoms. The highest BCUT2D eigenvalue weighted by Gasteiger charge is 2.36. The molecule has 1 unspecified atom stereocenters. The lowest BCUT2D eigenvalue weighted by Crippen LogP contribution is -2.17. The number of amides is 1. The van der Waals surface area contributed by atoms with E-state index in [4.69, 9.17) is 0 Å². The Morgan fingerprint density at radius 1 is 1.29 bits per heavy atom. The Kier molecular flexibility index (Phi) is 3.64. The van der Waals surface area contributed by atoms with E-state index in [2.05, 4.69) is 15.4 Å².